The standard InChI is InChI=1S/C18H27F3N4O.HI/c1-13-5-4-6-14(2)16(13)26-10-8-23-17(22-3)24-15-7-9-25(11-15)12-18(19,20)21;/h4-6,15H,7-12H2,1-3H3,(H2,22,23,24);1H. The van der Waals surface area contributed by atoms with Crippen LogP contribution in [0.3, 0.4) is 0 Å². The van der Waals surface area contributed by atoms with Gasteiger partial charge in [0.2, 0.25) is 0 Å². The predicted octanol–water partition coefficient (Wildman–Crippen LogP) is 3.10. The molecule has 1 heterocycles. The second-order valence-electron chi connectivity index (χ2n) is 6.55. The van der Waals surface area contributed by atoms with Gasteiger partial charge in [-0.2, -0.15) is 13.2 Å². The lowest BCUT2D eigenvalue weighted by Gasteiger charge is -2.20. The number of para-hydroxylation sites is 1. The van der Waals surface area contributed by atoms with Crippen LogP contribution in [-0.2, 0) is 0 Å². The Morgan fingerprint density at radius 2 is 1.96 bits per heavy atom. The molecule has 1 aliphatic heterocycles. The minimum absolute atomic E-state index is 0. The summed E-state index contributed by atoms with van der Waals surface area (Å²) in [6, 6.07) is 5.96. The zero-order chi connectivity index (χ0) is 19.2. The van der Waals surface area contributed by atoms with Crippen LogP contribution in [0.2, 0.25) is 0 Å². The molecule has 0 bridgehead atoms. The average molecular weight is 500 g/mol. The minimum Gasteiger partial charge on any atom is -0.491 e. The molecule has 0 amide bonds. The highest BCUT2D eigenvalue weighted by Crippen LogP contribution is 2.22. The van der Waals surface area contributed by atoms with Crippen LogP contribution in [0.15, 0.2) is 23.2 Å². The number of nitrogens with zero attached hydrogens (tertiary/aromatic N) is 2. The number of benzene rings is 1. The number of nitrogens with one attached hydrogen (secondary N) is 2. The van der Waals surface area contributed by atoms with Crippen LogP contribution in [0.4, 0.5) is 13.2 Å². The van der Waals surface area contributed by atoms with Gasteiger partial charge in [0.15, 0.2) is 5.96 Å². The molecule has 0 saturated carbocycles. The summed E-state index contributed by atoms with van der Waals surface area (Å²) in [5, 5.41) is 6.32. The van der Waals surface area contributed by atoms with Crippen molar-refractivity contribution in [3.8, 4) is 5.75 Å². The van der Waals surface area contributed by atoms with Crippen molar-refractivity contribution in [2.75, 3.05) is 39.8 Å². The summed E-state index contributed by atoms with van der Waals surface area (Å²) in [6.07, 6.45) is -3.49. The highest BCUT2D eigenvalue weighted by Gasteiger charge is 2.34. The molecule has 0 radical (unpaired) electrons. The van der Waals surface area contributed by atoms with E-state index in [-0.39, 0.29) is 30.0 Å². The van der Waals surface area contributed by atoms with Crippen LogP contribution >= 0.6 is 24.0 Å². The van der Waals surface area contributed by atoms with E-state index in [1.807, 2.05) is 32.0 Å². The first-order valence-corrected chi connectivity index (χ1v) is 8.74. The van der Waals surface area contributed by atoms with E-state index in [0.717, 1.165) is 16.9 Å². The Morgan fingerprint density at radius 1 is 1.30 bits per heavy atom. The molecule has 0 aliphatic carbocycles. The lowest BCUT2D eigenvalue weighted by atomic mass is 10.1. The molecule has 2 rings (SSSR count). The quantitative estimate of drug-likeness (QED) is 0.273. The lowest BCUT2D eigenvalue weighted by Crippen LogP contribution is -2.46. The molecule has 27 heavy (non-hydrogen) atoms. The number of halogens is 4. The van der Waals surface area contributed by atoms with E-state index < -0.39 is 12.7 Å². The SMILES string of the molecule is CN=C(NCCOc1c(C)cccc1C)NC1CCN(CC(F)(F)F)C1.I. The van der Waals surface area contributed by atoms with E-state index in [0.29, 0.717) is 38.6 Å². The van der Waals surface area contributed by atoms with Gasteiger partial charge in [0, 0.05) is 26.2 Å². The Bertz CT molecular complexity index is 605. The Morgan fingerprint density at radius 3 is 2.56 bits per heavy atom. The summed E-state index contributed by atoms with van der Waals surface area (Å²) >= 11 is 0. The van der Waals surface area contributed by atoms with Gasteiger partial charge in [-0.05, 0) is 31.4 Å². The van der Waals surface area contributed by atoms with E-state index in [9.17, 15) is 13.2 Å². The fraction of sp³-hybridized carbons (Fsp3) is 0.611. The first-order valence-electron chi connectivity index (χ1n) is 8.74. The highest BCUT2D eigenvalue weighted by atomic mass is 127. The van der Waals surface area contributed by atoms with Crippen LogP contribution in [0.1, 0.15) is 17.5 Å². The third-order valence-corrected chi connectivity index (χ3v) is 4.29. The number of aryl methyl sites for hydroxylation is 2. The maximum atomic E-state index is 12.5. The summed E-state index contributed by atoms with van der Waals surface area (Å²) in [5.41, 5.74) is 2.17. The first-order chi connectivity index (χ1) is 12.3. The van der Waals surface area contributed by atoms with E-state index >= 15 is 0 Å². The van der Waals surface area contributed by atoms with Gasteiger partial charge < -0.3 is 15.4 Å². The van der Waals surface area contributed by atoms with Crippen molar-refractivity contribution in [2.45, 2.75) is 32.5 Å². The fourth-order valence-corrected chi connectivity index (χ4v) is 3.08. The number of aliphatic imine (C=N–C) groups is 1. The molecular formula is C18H28F3IN4O. The Balaban J connectivity index is 0.00000364. The van der Waals surface area contributed by atoms with E-state index in [4.69, 9.17) is 4.74 Å². The predicted molar refractivity (Wildman–Crippen MR) is 112 cm³/mol. The largest absolute Gasteiger partial charge is 0.491 e. The van der Waals surface area contributed by atoms with Crippen molar-refractivity contribution in [1.29, 1.82) is 0 Å². The van der Waals surface area contributed by atoms with Crippen molar-refractivity contribution in [1.82, 2.24) is 15.5 Å². The smallest absolute Gasteiger partial charge is 0.401 e. The molecule has 1 atom stereocenters. The Kier molecular flexibility index (Phi) is 9.65. The van der Waals surface area contributed by atoms with E-state index in [1.165, 1.54) is 4.90 Å². The number of rotatable bonds is 6. The van der Waals surface area contributed by atoms with Crippen molar-refractivity contribution in [2.24, 2.45) is 4.99 Å². The fourth-order valence-electron chi connectivity index (χ4n) is 3.08. The summed E-state index contributed by atoms with van der Waals surface area (Å²) in [4.78, 5) is 5.54. The highest BCUT2D eigenvalue weighted by molar-refractivity contribution is 14.0. The molecule has 0 aromatic heterocycles. The summed E-state index contributed by atoms with van der Waals surface area (Å²) in [5.74, 6) is 1.46. The van der Waals surface area contributed by atoms with Gasteiger partial charge in [-0.1, -0.05) is 18.2 Å². The molecular weight excluding hydrogens is 472 g/mol. The molecule has 1 unspecified atom stereocenters. The van der Waals surface area contributed by atoms with Crippen molar-refractivity contribution in [3.05, 3.63) is 29.3 Å². The Hall–Kier alpha value is -1.23. The number of guanidine groups is 1. The number of hydrogen-bond acceptors (Lipinski definition) is 3. The zero-order valence-electron chi connectivity index (χ0n) is 15.9. The second kappa shape index (κ2) is 10.9. The minimum atomic E-state index is -4.15. The van der Waals surface area contributed by atoms with Gasteiger partial charge in [-0.15, -0.1) is 24.0 Å². The summed E-state index contributed by atoms with van der Waals surface area (Å²) in [7, 11) is 1.64. The number of alkyl halides is 3. The lowest BCUT2D eigenvalue weighted by molar-refractivity contribution is -0.143. The topological polar surface area (TPSA) is 48.9 Å². The summed E-state index contributed by atoms with van der Waals surface area (Å²) in [6.45, 7) is 4.96. The van der Waals surface area contributed by atoms with Gasteiger partial charge in [0.1, 0.15) is 12.4 Å². The molecule has 9 heteroatoms. The average Bonchev–Trinajstić information content (AvgIpc) is 2.97. The third kappa shape index (κ3) is 8.12. The molecule has 1 fully saturated rings. The number of hydrogen-bond donors (Lipinski definition) is 2. The van der Waals surface area contributed by atoms with E-state index in [2.05, 4.69) is 15.6 Å². The van der Waals surface area contributed by atoms with Gasteiger partial charge in [-0.3, -0.25) is 9.89 Å². The maximum absolute atomic E-state index is 12.5. The van der Waals surface area contributed by atoms with Crippen LogP contribution in [0.5, 0.6) is 5.75 Å². The molecule has 2 N–H and O–H groups in total. The number of likely N-dealkylation sites (tertiary alicyclic amines) is 1. The van der Waals surface area contributed by atoms with Crippen LogP contribution in [0, 0.1) is 13.8 Å². The van der Waals surface area contributed by atoms with Crippen LogP contribution in [-0.4, -0.2) is 62.9 Å². The van der Waals surface area contributed by atoms with Gasteiger partial charge in [0.05, 0.1) is 13.1 Å². The number of ether oxygens (including phenoxy) is 1. The molecule has 5 nitrogen and oxygen atoms in total. The van der Waals surface area contributed by atoms with E-state index in [1.54, 1.807) is 7.05 Å². The maximum Gasteiger partial charge on any atom is 0.401 e. The monoisotopic (exact) mass is 500 g/mol. The van der Waals surface area contributed by atoms with Gasteiger partial charge in [-0.25, -0.2) is 0 Å². The zero-order valence-corrected chi connectivity index (χ0v) is 18.2. The van der Waals surface area contributed by atoms with Gasteiger partial charge >= 0.3 is 6.18 Å². The van der Waals surface area contributed by atoms with Crippen molar-refractivity contribution < 1.29 is 17.9 Å². The van der Waals surface area contributed by atoms with Gasteiger partial charge in [0.25, 0.3) is 0 Å². The normalized spacial score (nSPS) is 18.1. The Labute approximate surface area is 175 Å². The van der Waals surface area contributed by atoms with Crippen LogP contribution < -0.4 is 15.4 Å². The molecule has 1 saturated heterocycles. The van der Waals surface area contributed by atoms with Crippen molar-refractivity contribution in [3.63, 3.8) is 0 Å². The second-order valence-corrected chi connectivity index (χ2v) is 6.55. The first kappa shape index (κ1) is 23.8. The molecule has 1 aliphatic rings. The van der Waals surface area contributed by atoms with Crippen LogP contribution in [0.25, 0.3) is 0 Å². The molecule has 154 valence electrons. The third-order valence-electron chi connectivity index (χ3n) is 4.29. The van der Waals surface area contributed by atoms with Crippen molar-refractivity contribution >= 4 is 29.9 Å². The summed E-state index contributed by atoms with van der Waals surface area (Å²) < 4.78 is 43.2. The molecule has 1 aromatic carbocycles. The molecule has 1 aromatic rings. The molecule has 0 spiro atoms.